The number of hydrogen-bond acceptors (Lipinski definition) is 5. The van der Waals surface area contributed by atoms with Crippen molar-refractivity contribution in [3.63, 3.8) is 0 Å². The third kappa shape index (κ3) is 8.34. The summed E-state index contributed by atoms with van der Waals surface area (Å²) in [7, 11) is -2.85. The van der Waals surface area contributed by atoms with Crippen LogP contribution in [0.3, 0.4) is 0 Å². The maximum absolute atomic E-state index is 13.9. The molecule has 3 rings (SSSR count). The van der Waals surface area contributed by atoms with Crippen LogP contribution in [0.2, 0.25) is 10.0 Å². The second-order valence-electron chi connectivity index (χ2n) is 9.25. The van der Waals surface area contributed by atoms with Gasteiger partial charge in [-0.15, -0.1) is 0 Å². The third-order valence-corrected chi connectivity index (χ3v) is 8.90. The molecule has 3 aromatic rings. The largest absolute Gasteiger partial charge is 0.497 e. The summed E-state index contributed by atoms with van der Waals surface area (Å²) in [6.45, 7) is 3.29. The lowest BCUT2D eigenvalue weighted by Crippen LogP contribution is -2.51. The van der Waals surface area contributed by atoms with Crippen molar-refractivity contribution < 1.29 is 27.1 Å². The Morgan fingerprint density at radius 2 is 1.66 bits per heavy atom. The average Bonchev–Trinajstić information content (AvgIpc) is 2.96. The molecule has 0 radical (unpaired) electrons. The highest BCUT2D eigenvalue weighted by Crippen LogP contribution is 2.27. The second kappa shape index (κ2) is 14.5. The number of ether oxygens (including phenoxy) is 1. The fourth-order valence-corrected chi connectivity index (χ4v) is 5.70. The molecule has 0 bridgehead atoms. The van der Waals surface area contributed by atoms with E-state index in [1.807, 2.05) is 6.92 Å². The predicted octanol–water partition coefficient (Wildman–Crippen LogP) is 5.67. The van der Waals surface area contributed by atoms with Crippen molar-refractivity contribution in [3.8, 4) is 5.75 Å². The van der Waals surface area contributed by atoms with Crippen LogP contribution in [0.4, 0.5) is 10.1 Å². The molecule has 0 aliphatic heterocycles. The molecule has 0 aliphatic rings. The van der Waals surface area contributed by atoms with Crippen LogP contribution in [-0.2, 0) is 26.2 Å². The summed E-state index contributed by atoms with van der Waals surface area (Å²) in [5, 5.41) is 3.41. The van der Waals surface area contributed by atoms with Gasteiger partial charge in [-0.3, -0.25) is 13.9 Å². The Kier molecular flexibility index (Phi) is 11.4. The van der Waals surface area contributed by atoms with Gasteiger partial charge in [0.25, 0.3) is 10.0 Å². The summed E-state index contributed by atoms with van der Waals surface area (Å²) < 4.78 is 47.4. The molecule has 1 atom stereocenters. The highest BCUT2D eigenvalue weighted by molar-refractivity contribution is 7.92. The topological polar surface area (TPSA) is 96.0 Å². The number of nitrogens with zero attached hydrogens (tertiary/aromatic N) is 2. The molecule has 3 aromatic carbocycles. The van der Waals surface area contributed by atoms with Gasteiger partial charge in [0.15, 0.2) is 0 Å². The molecule has 0 spiro atoms. The van der Waals surface area contributed by atoms with E-state index in [0.29, 0.717) is 22.9 Å². The summed E-state index contributed by atoms with van der Waals surface area (Å²) >= 11 is 12.2. The van der Waals surface area contributed by atoms with E-state index in [4.69, 9.17) is 27.9 Å². The van der Waals surface area contributed by atoms with Crippen LogP contribution in [0.25, 0.3) is 0 Å². The number of carbonyl (C=O) groups is 2. The normalized spacial score (nSPS) is 12.0. The van der Waals surface area contributed by atoms with Crippen LogP contribution < -0.4 is 14.4 Å². The van der Waals surface area contributed by atoms with Crippen LogP contribution in [0.5, 0.6) is 5.75 Å². The Balaban J connectivity index is 2.01. The molecule has 2 amide bonds. The van der Waals surface area contributed by atoms with Crippen molar-refractivity contribution in [2.75, 3.05) is 24.5 Å². The number of anilines is 1. The van der Waals surface area contributed by atoms with E-state index in [0.717, 1.165) is 29.3 Å². The van der Waals surface area contributed by atoms with E-state index in [-0.39, 0.29) is 22.2 Å². The molecule has 41 heavy (non-hydrogen) atoms. The lowest BCUT2D eigenvalue weighted by Gasteiger charge is -2.32. The Hall–Kier alpha value is -3.34. The molecule has 8 nitrogen and oxygen atoms in total. The zero-order valence-electron chi connectivity index (χ0n) is 22.9. The summed E-state index contributed by atoms with van der Waals surface area (Å²) in [5.41, 5.74) is 0.664. The number of carbonyl (C=O) groups excluding carboxylic acids is 2. The monoisotopic (exact) mass is 623 g/mol. The van der Waals surface area contributed by atoms with E-state index >= 15 is 0 Å². The van der Waals surface area contributed by atoms with Crippen LogP contribution in [0.15, 0.2) is 71.6 Å². The van der Waals surface area contributed by atoms with Crippen LogP contribution >= 0.6 is 23.2 Å². The van der Waals surface area contributed by atoms with Gasteiger partial charge in [-0.25, -0.2) is 12.8 Å². The van der Waals surface area contributed by atoms with Crippen molar-refractivity contribution in [2.45, 2.75) is 44.2 Å². The molecule has 1 N–H and O–H groups in total. The molecule has 0 heterocycles. The molecule has 12 heteroatoms. The lowest BCUT2D eigenvalue weighted by atomic mass is 10.1. The maximum Gasteiger partial charge on any atom is 0.264 e. The zero-order chi connectivity index (χ0) is 30.2. The van der Waals surface area contributed by atoms with Crippen molar-refractivity contribution in [1.82, 2.24) is 10.2 Å². The van der Waals surface area contributed by atoms with Gasteiger partial charge < -0.3 is 15.0 Å². The minimum absolute atomic E-state index is 0.0437. The molecule has 0 saturated carbocycles. The summed E-state index contributed by atoms with van der Waals surface area (Å²) in [4.78, 5) is 28.1. The molecule has 220 valence electrons. The molecule has 0 unspecified atom stereocenters. The highest BCUT2D eigenvalue weighted by atomic mass is 35.5. The van der Waals surface area contributed by atoms with Crippen molar-refractivity contribution in [2.24, 2.45) is 0 Å². The lowest BCUT2D eigenvalue weighted by molar-refractivity contribution is -0.139. The number of amides is 2. The van der Waals surface area contributed by atoms with Gasteiger partial charge in [-0.05, 0) is 79.6 Å². The first-order valence-electron chi connectivity index (χ1n) is 12.9. The number of rotatable bonds is 13. The Morgan fingerprint density at radius 3 is 2.24 bits per heavy atom. The fraction of sp³-hybridized carbons (Fsp3) is 0.310. The SMILES string of the molecule is CCCCNC(=O)[C@@H](C)N(Cc1ccc(Cl)c(Cl)c1)C(=O)CN(c1ccc(F)cc1)S(=O)(=O)c1ccc(OC)cc1. The highest BCUT2D eigenvalue weighted by Gasteiger charge is 2.32. The Morgan fingerprint density at radius 1 is 1.00 bits per heavy atom. The van der Waals surface area contributed by atoms with E-state index < -0.39 is 40.2 Å². The minimum Gasteiger partial charge on any atom is -0.497 e. The van der Waals surface area contributed by atoms with Crippen LogP contribution in [0.1, 0.15) is 32.3 Å². The first-order valence-corrected chi connectivity index (χ1v) is 15.1. The Labute approximate surface area is 250 Å². The first-order chi connectivity index (χ1) is 19.5. The van der Waals surface area contributed by atoms with Gasteiger partial charge in [-0.2, -0.15) is 0 Å². The van der Waals surface area contributed by atoms with Gasteiger partial charge in [0.2, 0.25) is 11.8 Å². The smallest absolute Gasteiger partial charge is 0.264 e. The second-order valence-corrected chi connectivity index (χ2v) is 11.9. The number of benzene rings is 3. The molecular weight excluding hydrogens is 592 g/mol. The number of unbranched alkanes of at least 4 members (excludes halogenated alkanes) is 1. The first kappa shape index (κ1) is 32.2. The molecule has 0 saturated heterocycles. The zero-order valence-corrected chi connectivity index (χ0v) is 25.3. The van der Waals surface area contributed by atoms with E-state index in [2.05, 4.69) is 5.32 Å². The van der Waals surface area contributed by atoms with Crippen molar-refractivity contribution >= 4 is 50.7 Å². The quantitative estimate of drug-likeness (QED) is 0.248. The van der Waals surface area contributed by atoms with Gasteiger partial charge >= 0.3 is 0 Å². The molecule has 0 aromatic heterocycles. The van der Waals surface area contributed by atoms with Gasteiger partial charge in [-0.1, -0.05) is 42.6 Å². The maximum atomic E-state index is 13.9. The van der Waals surface area contributed by atoms with E-state index in [9.17, 15) is 22.4 Å². The van der Waals surface area contributed by atoms with E-state index in [1.54, 1.807) is 25.1 Å². The fourth-order valence-electron chi connectivity index (χ4n) is 3.96. The van der Waals surface area contributed by atoms with Crippen LogP contribution in [-0.4, -0.2) is 51.4 Å². The van der Waals surface area contributed by atoms with Crippen LogP contribution in [0, 0.1) is 5.82 Å². The summed E-state index contributed by atoms with van der Waals surface area (Å²) in [6, 6.07) is 14.3. The average molecular weight is 625 g/mol. The standard InChI is InChI=1S/C29H32Cl2FN3O5S/c1-4-5-16-33-29(37)20(2)34(18-21-6-15-26(30)27(31)17-21)28(36)19-35(23-9-7-22(32)8-10-23)41(38,39)25-13-11-24(40-3)12-14-25/h6-15,17,20H,4-5,16,18-19H2,1-3H3,(H,33,37)/t20-/m1/s1. The molecule has 0 fully saturated rings. The summed E-state index contributed by atoms with van der Waals surface area (Å²) in [5.74, 6) is -1.17. The Bertz CT molecular complexity index is 1450. The molecular formula is C29H32Cl2FN3O5S. The third-order valence-electron chi connectivity index (χ3n) is 6.37. The van der Waals surface area contributed by atoms with E-state index in [1.165, 1.54) is 48.4 Å². The minimum atomic E-state index is -4.30. The number of sulfonamides is 1. The number of methoxy groups -OCH3 is 1. The number of hydrogen-bond donors (Lipinski definition) is 1. The van der Waals surface area contributed by atoms with Crippen molar-refractivity contribution in [3.05, 3.63) is 88.2 Å². The van der Waals surface area contributed by atoms with Gasteiger partial charge in [0, 0.05) is 13.1 Å². The summed E-state index contributed by atoms with van der Waals surface area (Å²) in [6.07, 6.45) is 1.63. The number of halogens is 3. The van der Waals surface area contributed by atoms with Gasteiger partial charge in [0.1, 0.15) is 24.2 Å². The van der Waals surface area contributed by atoms with Crippen molar-refractivity contribution in [1.29, 1.82) is 0 Å². The predicted molar refractivity (Wildman–Crippen MR) is 158 cm³/mol. The molecule has 0 aliphatic carbocycles. The van der Waals surface area contributed by atoms with Gasteiger partial charge in [0.05, 0.1) is 27.7 Å². The number of nitrogens with one attached hydrogen (secondary N) is 1.